The Bertz CT molecular complexity index is 548. The van der Waals surface area contributed by atoms with E-state index in [-0.39, 0.29) is 23.8 Å². The molecule has 0 bridgehead atoms. The standard InChI is InChI=1S/C14H16Cl2N2O2/c1-8-7-18(9(2)5-13(8)19)14(20)17-10-3-4-11(15)12(16)6-10/h3-4,6,8-9H,5,7H2,1-2H3,(H,17,20)/t8-,9+/m0/s1. The van der Waals surface area contributed by atoms with Crippen molar-refractivity contribution < 1.29 is 9.59 Å². The van der Waals surface area contributed by atoms with E-state index in [9.17, 15) is 9.59 Å². The molecular weight excluding hydrogens is 299 g/mol. The number of nitrogens with one attached hydrogen (secondary N) is 1. The normalized spacial score (nSPS) is 22.8. The first-order chi connectivity index (χ1) is 9.38. The summed E-state index contributed by atoms with van der Waals surface area (Å²) in [5.74, 6) is 0.0850. The molecule has 0 radical (unpaired) electrons. The number of amides is 2. The Balaban J connectivity index is 2.07. The molecule has 1 N–H and O–H groups in total. The minimum atomic E-state index is -0.227. The molecule has 1 aromatic rings. The van der Waals surface area contributed by atoms with Gasteiger partial charge in [0.1, 0.15) is 5.78 Å². The van der Waals surface area contributed by atoms with Gasteiger partial charge in [-0.2, -0.15) is 0 Å². The smallest absolute Gasteiger partial charge is 0.321 e. The average Bonchev–Trinajstić information content (AvgIpc) is 2.38. The van der Waals surface area contributed by atoms with Crippen molar-refractivity contribution in [2.75, 3.05) is 11.9 Å². The van der Waals surface area contributed by atoms with Crippen LogP contribution in [0.5, 0.6) is 0 Å². The number of urea groups is 1. The quantitative estimate of drug-likeness (QED) is 0.856. The van der Waals surface area contributed by atoms with Crippen LogP contribution in [0.15, 0.2) is 18.2 Å². The third kappa shape index (κ3) is 3.25. The Morgan fingerprint density at radius 3 is 2.65 bits per heavy atom. The molecule has 20 heavy (non-hydrogen) atoms. The summed E-state index contributed by atoms with van der Waals surface area (Å²) in [4.78, 5) is 25.6. The van der Waals surface area contributed by atoms with Crippen LogP contribution in [0.4, 0.5) is 10.5 Å². The molecule has 1 aliphatic rings. The Labute approximate surface area is 128 Å². The van der Waals surface area contributed by atoms with Crippen molar-refractivity contribution >= 4 is 40.7 Å². The predicted octanol–water partition coefficient (Wildman–Crippen LogP) is 3.82. The lowest BCUT2D eigenvalue weighted by molar-refractivity contribution is -0.126. The zero-order chi connectivity index (χ0) is 14.9. The summed E-state index contributed by atoms with van der Waals surface area (Å²) in [5.41, 5.74) is 0.584. The van der Waals surface area contributed by atoms with Gasteiger partial charge in [0.25, 0.3) is 0 Å². The average molecular weight is 315 g/mol. The number of carbonyl (C=O) groups excluding carboxylic acids is 2. The molecule has 0 aromatic heterocycles. The summed E-state index contributed by atoms with van der Waals surface area (Å²) in [6, 6.07) is 4.60. The number of hydrogen-bond donors (Lipinski definition) is 1. The molecule has 1 saturated heterocycles. The predicted molar refractivity (Wildman–Crippen MR) is 80.4 cm³/mol. The number of benzene rings is 1. The van der Waals surface area contributed by atoms with Crippen LogP contribution in [0, 0.1) is 5.92 Å². The fourth-order valence-corrected chi connectivity index (χ4v) is 2.53. The molecule has 2 amide bonds. The molecule has 0 spiro atoms. The molecule has 2 atom stereocenters. The third-order valence-corrected chi connectivity index (χ3v) is 4.22. The third-order valence-electron chi connectivity index (χ3n) is 3.48. The van der Waals surface area contributed by atoms with Crippen molar-refractivity contribution in [3.63, 3.8) is 0 Å². The van der Waals surface area contributed by atoms with Gasteiger partial charge in [-0.25, -0.2) is 4.79 Å². The summed E-state index contributed by atoms with van der Waals surface area (Å²) in [6.07, 6.45) is 0.399. The van der Waals surface area contributed by atoms with Crippen LogP contribution in [0.1, 0.15) is 20.3 Å². The zero-order valence-electron chi connectivity index (χ0n) is 11.3. The highest BCUT2D eigenvalue weighted by atomic mass is 35.5. The van der Waals surface area contributed by atoms with Crippen molar-refractivity contribution in [1.29, 1.82) is 0 Å². The van der Waals surface area contributed by atoms with Gasteiger partial charge in [-0.1, -0.05) is 30.1 Å². The maximum Gasteiger partial charge on any atom is 0.322 e. The van der Waals surface area contributed by atoms with Crippen LogP contribution in [0.3, 0.4) is 0 Å². The molecular formula is C14H16Cl2N2O2. The van der Waals surface area contributed by atoms with E-state index < -0.39 is 0 Å². The highest BCUT2D eigenvalue weighted by molar-refractivity contribution is 6.42. The van der Waals surface area contributed by atoms with Gasteiger partial charge in [0.15, 0.2) is 0 Å². The molecule has 1 heterocycles. The number of nitrogens with zero attached hydrogens (tertiary/aromatic N) is 1. The molecule has 6 heteroatoms. The lowest BCUT2D eigenvalue weighted by Crippen LogP contribution is -2.50. The number of halogens is 2. The van der Waals surface area contributed by atoms with E-state index in [0.717, 1.165) is 0 Å². The fraction of sp³-hybridized carbons (Fsp3) is 0.429. The van der Waals surface area contributed by atoms with Crippen molar-refractivity contribution in [3.8, 4) is 0 Å². The first-order valence-electron chi connectivity index (χ1n) is 6.44. The summed E-state index contributed by atoms with van der Waals surface area (Å²) in [7, 11) is 0. The second kappa shape index (κ2) is 6.02. The Hall–Kier alpha value is -1.26. The maximum absolute atomic E-state index is 12.3. The summed E-state index contributed by atoms with van der Waals surface area (Å²) >= 11 is 11.7. The van der Waals surface area contributed by atoms with E-state index >= 15 is 0 Å². The minimum Gasteiger partial charge on any atom is -0.321 e. The Kier molecular flexibility index (Phi) is 4.55. The van der Waals surface area contributed by atoms with Gasteiger partial charge in [-0.3, -0.25) is 4.79 Å². The molecule has 1 fully saturated rings. The van der Waals surface area contributed by atoms with Crippen LogP contribution in [0.25, 0.3) is 0 Å². The van der Waals surface area contributed by atoms with E-state index in [1.165, 1.54) is 0 Å². The van der Waals surface area contributed by atoms with Crippen LogP contribution in [-0.2, 0) is 4.79 Å². The number of piperidine rings is 1. The monoisotopic (exact) mass is 314 g/mol. The molecule has 0 aliphatic carbocycles. The van der Waals surface area contributed by atoms with E-state index in [1.54, 1.807) is 23.1 Å². The van der Waals surface area contributed by atoms with Crippen LogP contribution >= 0.6 is 23.2 Å². The van der Waals surface area contributed by atoms with Crippen molar-refractivity contribution in [2.45, 2.75) is 26.3 Å². The Morgan fingerprint density at radius 2 is 2.00 bits per heavy atom. The number of rotatable bonds is 1. The van der Waals surface area contributed by atoms with Crippen LogP contribution in [-0.4, -0.2) is 29.3 Å². The first kappa shape index (κ1) is 15.1. The summed E-state index contributed by atoms with van der Waals surface area (Å²) in [5, 5.41) is 3.61. The molecule has 1 aliphatic heterocycles. The minimum absolute atomic E-state index is 0.0959. The molecule has 4 nitrogen and oxygen atoms in total. The number of anilines is 1. The zero-order valence-corrected chi connectivity index (χ0v) is 12.8. The molecule has 2 rings (SSSR count). The number of ketones is 1. The molecule has 108 valence electrons. The number of carbonyl (C=O) groups is 2. The molecule has 0 saturated carbocycles. The lowest BCUT2D eigenvalue weighted by atomic mass is 9.94. The summed E-state index contributed by atoms with van der Waals surface area (Å²) < 4.78 is 0. The number of hydrogen-bond acceptors (Lipinski definition) is 2. The van der Waals surface area contributed by atoms with Crippen molar-refractivity contribution in [3.05, 3.63) is 28.2 Å². The first-order valence-corrected chi connectivity index (χ1v) is 7.19. The van der Waals surface area contributed by atoms with Crippen LogP contribution in [0.2, 0.25) is 10.0 Å². The van der Waals surface area contributed by atoms with E-state index in [2.05, 4.69) is 5.32 Å². The highest BCUT2D eigenvalue weighted by Gasteiger charge is 2.32. The fourth-order valence-electron chi connectivity index (χ4n) is 2.23. The van der Waals surface area contributed by atoms with Crippen LogP contribution < -0.4 is 5.32 Å². The number of likely N-dealkylation sites (tertiary alicyclic amines) is 1. The van der Waals surface area contributed by atoms with Gasteiger partial charge in [-0.05, 0) is 25.1 Å². The van der Waals surface area contributed by atoms with Crippen molar-refractivity contribution in [1.82, 2.24) is 4.90 Å². The van der Waals surface area contributed by atoms with E-state index in [0.29, 0.717) is 28.7 Å². The van der Waals surface area contributed by atoms with Crippen molar-refractivity contribution in [2.24, 2.45) is 5.92 Å². The highest BCUT2D eigenvalue weighted by Crippen LogP contribution is 2.26. The lowest BCUT2D eigenvalue weighted by Gasteiger charge is -2.35. The molecule has 0 unspecified atom stereocenters. The van der Waals surface area contributed by atoms with E-state index in [1.807, 2.05) is 13.8 Å². The van der Waals surface area contributed by atoms with Gasteiger partial charge in [0, 0.05) is 30.6 Å². The van der Waals surface area contributed by atoms with Gasteiger partial charge in [-0.15, -0.1) is 0 Å². The largest absolute Gasteiger partial charge is 0.322 e. The Morgan fingerprint density at radius 1 is 1.30 bits per heavy atom. The van der Waals surface area contributed by atoms with E-state index in [4.69, 9.17) is 23.2 Å². The van der Waals surface area contributed by atoms with Gasteiger partial charge in [0.2, 0.25) is 0 Å². The second-order valence-electron chi connectivity index (χ2n) is 5.13. The maximum atomic E-state index is 12.3. The van der Waals surface area contributed by atoms with Gasteiger partial charge in [0.05, 0.1) is 10.0 Å². The SMILES string of the molecule is C[C@@H]1CC(=O)[C@@H](C)CN1C(=O)Nc1ccc(Cl)c(Cl)c1. The summed E-state index contributed by atoms with van der Waals surface area (Å²) in [6.45, 7) is 4.15. The van der Waals surface area contributed by atoms with Gasteiger partial charge < -0.3 is 10.2 Å². The van der Waals surface area contributed by atoms with Gasteiger partial charge >= 0.3 is 6.03 Å². The molecule has 1 aromatic carbocycles. The number of Topliss-reactive ketones (excluding diaryl/α,β-unsaturated/α-hetero) is 1. The second-order valence-corrected chi connectivity index (χ2v) is 5.95. The topological polar surface area (TPSA) is 49.4 Å².